The Kier molecular flexibility index (Phi) is 12.1. The molecule has 0 saturated heterocycles. The summed E-state index contributed by atoms with van der Waals surface area (Å²) in [5, 5.41) is 6.87. The van der Waals surface area contributed by atoms with Crippen LogP contribution in [0.2, 0.25) is 0 Å². The number of nitrogens with one attached hydrogen (secondary N) is 1. The number of hydrogen-bond acceptors (Lipinski definition) is 1. The van der Waals surface area contributed by atoms with Crippen LogP contribution in [-0.2, 0) is 0 Å². The second kappa shape index (κ2) is 9.47. The Morgan fingerprint density at radius 2 is 2.00 bits per heavy atom. The maximum Gasteiger partial charge on any atom is 0.0305 e. The Hall–Kier alpha value is -0.850. The molecule has 1 N–H and O–H groups in total. The van der Waals surface area contributed by atoms with Crippen LogP contribution in [0.5, 0.6) is 0 Å². The van der Waals surface area contributed by atoms with Crippen LogP contribution in [0.4, 0.5) is 0 Å². The van der Waals surface area contributed by atoms with Crippen molar-refractivity contribution in [1.82, 2.24) is 0 Å². The number of allylic oxidation sites excluding steroid dienone is 1. The molecule has 0 fully saturated rings. The van der Waals surface area contributed by atoms with Gasteiger partial charge in [-0.15, -0.1) is 13.2 Å². The van der Waals surface area contributed by atoms with Crippen LogP contribution in [0.25, 0.3) is 0 Å². The number of hydrogen-bond donors (Lipinski definition) is 1. The number of rotatable bonds is 2. The third kappa shape index (κ3) is 8.94. The van der Waals surface area contributed by atoms with Crippen molar-refractivity contribution in [1.29, 1.82) is 5.41 Å². The van der Waals surface area contributed by atoms with E-state index in [4.69, 9.17) is 5.41 Å². The summed E-state index contributed by atoms with van der Waals surface area (Å²) in [5.74, 6) is 0. The van der Waals surface area contributed by atoms with E-state index in [9.17, 15) is 0 Å². The van der Waals surface area contributed by atoms with Crippen LogP contribution < -0.4 is 0 Å². The predicted octanol–water partition coefficient (Wildman–Crippen LogP) is 2.40. The molecule has 0 aliphatic heterocycles. The molecule has 0 aromatic heterocycles. The molecule has 46 valence electrons. The van der Waals surface area contributed by atoms with Gasteiger partial charge in [0.25, 0.3) is 0 Å². The van der Waals surface area contributed by atoms with E-state index in [0.29, 0.717) is 5.71 Å². The van der Waals surface area contributed by atoms with Crippen molar-refractivity contribution in [3.63, 3.8) is 0 Å². The summed E-state index contributed by atoms with van der Waals surface area (Å²) in [6.07, 6.45) is 2.35. The molecule has 0 amide bonds. The predicted molar refractivity (Wildman–Crippen MR) is 39.5 cm³/mol. The third-order valence-corrected chi connectivity index (χ3v) is 0.627. The van der Waals surface area contributed by atoms with E-state index in [1.165, 1.54) is 0 Å². The molecule has 0 aliphatic carbocycles. The van der Waals surface area contributed by atoms with E-state index in [-0.39, 0.29) is 0 Å². The maximum absolute atomic E-state index is 6.87. The first-order chi connectivity index (χ1) is 3.81. The SMILES string of the molecule is C=C.C=CC(=N)CC. The fraction of sp³-hybridized carbons (Fsp3) is 0.286. The van der Waals surface area contributed by atoms with Gasteiger partial charge in [-0.25, -0.2) is 0 Å². The maximum atomic E-state index is 6.87. The molecule has 0 heterocycles. The Labute approximate surface area is 51.2 Å². The lowest BCUT2D eigenvalue weighted by molar-refractivity contribution is 1.26. The lowest BCUT2D eigenvalue weighted by Crippen LogP contribution is -1.81. The Morgan fingerprint density at radius 1 is 1.62 bits per heavy atom. The second-order valence-corrected chi connectivity index (χ2v) is 1.08. The highest BCUT2D eigenvalue weighted by atomic mass is 14.4. The lowest BCUT2D eigenvalue weighted by Gasteiger charge is -1.80. The first-order valence-corrected chi connectivity index (χ1v) is 2.51. The fourth-order valence-corrected chi connectivity index (χ4v) is 0.144. The van der Waals surface area contributed by atoms with Gasteiger partial charge in [0.15, 0.2) is 0 Å². The van der Waals surface area contributed by atoms with Gasteiger partial charge in [-0.2, -0.15) is 0 Å². The van der Waals surface area contributed by atoms with Gasteiger partial charge in [0.05, 0.1) is 0 Å². The van der Waals surface area contributed by atoms with Crippen molar-refractivity contribution in [2.45, 2.75) is 13.3 Å². The highest BCUT2D eigenvalue weighted by Crippen LogP contribution is 1.77. The minimum atomic E-state index is 0.606. The van der Waals surface area contributed by atoms with Crippen molar-refractivity contribution < 1.29 is 0 Å². The largest absolute Gasteiger partial charge is 0.305 e. The highest BCUT2D eigenvalue weighted by Gasteiger charge is 1.75. The van der Waals surface area contributed by atoms with E-state index in [0.717, 1.165) is 6.42 Å². The van der Waals surface area contributed by atoms with Crippen molar-refractivity contribution >= 4 is 5.71 Å². The van der Waals surface area contributed by atoms with Gasteiger partial charge < -0.3 is 5.41 Å². The van der Waals surface area contributed by atoms with E-state index in [1.54, 1.807) is 6.08 Å². The van der Waals surface area contributed by atoms with E-state index in [2.05, 4.69) is 19.7 Å². The average Bonchev–Trinajstić information content (AvgIpc) is 1.91. The second-order valence-electron chi connectivity index (χ2n) is 1.08. The molecule has 0 rings (SSSR count). The summed E-state index contributed by atoms with van der Waals surface area (Å²) in [6.45, 7) is 11.3. The standard InChI is InChI=1S/C5H9N.C2H4/c1-3-5(6)4-2;1-2/h3,6H,1,4H2,2H3;1-2H2. The van der Waals surface area contributed by atoms with Crippen molar-refractivity contribution in [3.8, 4) is 0 Å². The molecule has 0 aromatic carbocycles. The van der Waals surface area contributed by atoms with Gasteiger partial charge in [0.2, 0.25) is 0 Å². The first kappa shape index (κ1) is 10.2. The van der Waals surface area contributed by atoms with E-state index in [1.807, 2.05) is 6.92 Å². The zero-order valence-corrected chi connectivity index (χ0v) is 5.41. The van der Waals surface area contributed by atoms with Crippen LogP contribution in [0.1, 0.15) is 13.3 Å². The normalized spacial score (nSPS) is 6.12. The molecule has 8 heavy (non-hydrogen) atoms. The molecule has 1 nitrogen and oxygen atoms in total. The monoisotopic (exact) mass is 111 g/mol. The Balaban J connectivity index is 0. The van der Waals surface area contributed by atoms with Crippen LogP contribution in [0.15, 0.2) is 25.8 Å². The fourth-order valence-electron chi connectivity index (χ4n) is 0.144. The summed E-state index contributed by atoms with van der Waals surface area (Å²) in [7, 11) is 0. The Morgan fingerprint density at radius 3 is 2.00 bits per heavy atom. The van der Waals surface area contributed by atoms with Crippen molar-refractivity contribution in [3.05, 3.63) is 25.8 Å². The van der Waals surface area contributed by atoms with Gasteiger partial charge in [-0.05, 0) is 12.5 Å². The van der Waals surface area contributed by atoms with Crippen molar-refractivity contribution in [2.24, 2.45) is 0 Å². The Bertz CT molecular complexity index is 74.5. The molecular formula is C7H13N. The molecular weight excluding hydrogens is 98.1 g/mol. The molecule has 0 radical (unpaired) electrons. The van der Waals surface area contributed by atoms with Crippen LogP contribution >= 0.6 is 0 Å². The average molecular weight is 111 g/mol. The molecule has 0 spiro atoms. The minimum Gasteiger partial charge on any atom is -0.305 e. The highest BCUT2D eigenvalue weighted by molar-refractivity contribution is 5.91. The summed E-state index contributed by atoms with van der Waals surface area (Å²) in [6, 6.07) is 0. The van der Waals surface area contributed by atoms with Crippen molar-refractivity contribution in [2.75, 3.05) is 0 Å². The molecule has 0 bridgehead atoms. The topological polar surface area (TPSA) is 23.9 Å². The molecule has 0 unspecified atom stereocenters. The van der Waals surface area contributed by atoms with Crippen LogP contribution in [0.3, 0.4) is 0 Å². The quantitative estimate of drug-likeness (QED) is 0.418. The van der Waals surface area contributed by atoms with Gasteiger partial charge >= 0.3 is 0 Å². The zero-order valence-electron chi connectivity index (χ0n) is 5.41. The van der Waals surface area contributed by atoms with Gasteiger partial charge in [-0.3, -0.25) is 0 Å². The van der Waals surface area contributed by atoms with Crippen LogP contribution in [-0.4, -0.2) is 5.71 Å². The third-order valence-electron chi connectivity index (χ3n) is 0.627. The summed E-state index contributed by atoms with van der Waals surface area (Å²) in [5.41, 5.74) is 0.606. The van der Waals surface area contributed by atoms with E-state index >= 15 is 0 Å². The molecule has 0 saturated carbocycles. The smallest absolute Gasteiger partial charge is 0.0305 e. The first-order valence-electron chi connectivity index (χ1n) is 2.51. The van der Waals surface area contributed by atoms with E-state index < -0.39 is 0 Å². The zero-order chi connectivity index (χ0) is 6.99. The molecule has 0 aliphatic rings. The van der Waals surface area contributed by atoms with Gasteiger partial charge in [0, 0.05) is 5.71 Å². The summed E-state index contributed by atoms with van der Waals surface area (Å²) >= 11 is 0. The van der Waals surface area contributed by atoms with Gasteiger partial charge in [-0.1, -0.05) is 13.5 Å². The molecule has 0 atom stereocenters. The molecule has 1 heteroatoms. The van der Waals surface area contributed by atoms with Gasteiger partial charge in [0.1, 0.15) is 0 Å². The minimum absolute atomic E-state index is 0.606. The summed E-state index contributed by atoms with van der Waals surface area (Å²) < 4.78 is 0. The lowest BCUT2D eigenvalue weighted by atomic mass is 10.3. The van der Waals surface area contributed by atoms with Crippen LogP contribution in [0, 0.1) is 5.41 Å². The summed E-state index contributed by atoms with van der Waals surface area (Å²) in [4.78, 5) is 0. The molecule has 0 aromatic rings.